The van der Waals surface area contributed by atoms with Gasteiger partial charge in [-0.1, -0.05) is 46.3 Å². The van der Waals surface area contributed by atoms with Crippen LogP contribution in [0.4, 0.5) is 0 Å². The smallest absolute Gasteiger partial charge is 0.227 e. The summed E-state index contributed by atoms with van der Waals surface area (Å²) in [6.45, 7) is 2.13. The Balaban J connectivity index is 1.65. The van der Waals surface area contributed by atoms with Gasteiger partial charge >= 0.3 is 0 Å². The Morgan fingerprint density at radius 3 is 2.58 bits per heavy atom. The molecular weight excluding hydrogens is 394 g/mol. The van der Waals surface area contributed by atoms with Crippen molar-refractivity contribution in [2.75, 3.05) is 19.7 Å². The summed E-state index contributed by atoms with van der Waals surface area (Å²) in [4.78, 5) is 14.6. The van der Waals surface area contributed by atoms with Crippen LogP contribution in [0.25, 0.3) is 0 Å². The summed E-state index contributed by atoms with van der Waals surface area (Å²) in [6, 6.07) is 15.8. The lowest BCUT2D eigenvalue weighted by atomic mass is 9.97. The summed E-state index contributed by atoms with van der Waals surface area (Å²) in [7, 11) is 0. The number of likely N-dealkylation sites (tertiary alicyclic amines) is 1. The second-order valence-electron chi connectivity index (χ2n) is 6.71. The normalized spacial score (nSPS) is 15.1. The Hall–Kier alpha value is -1.85. The monoisotopic (exact) mass is 417 g/mol. The average molecular weight is 418 g/mol. The molecule has 0 spiro atoms. The fourth-order valence-corrected chi connectivity index (χ4v) is 3.61. The van der Waals surface area contributed by atoms with Crippen LogP contribution in [0.3, 0.4) is 0 Å². The van der Waals surface area contributed by atoms with Crippen LogP contribution in [0.15, 0.2) is 53.0 Å². The van der Waals surface area contributed by atoms with E-state index in [-0.39, 0.29) is 12.5 Å². The fourth-order valence-electron chi connectivity index (χ4n) is 3.20. The number of hydrogen-bond donors (Lipinski definition) is 1. The molecule has 0 aromatic heterocycles. The van der Waals surface area contributed by atoms with E-state index in [4.69, 9.17) is 4.74 Å². The summed E-state index contributed by atoms with van der Waals surface area (Å²) >= 11 is 3.49. The van der Waals surface area contributed by atoms with E-state index in [1.54, 1.807) is 0 Å². The second-order valence-corrected chi connectivity index (χ2v) is 7.63. The zero-order chi connectivity index (χ0) is 18.4. The van der Waals surface area contributed by atoms with Crippen molar-refractivity contribution >= 4 is 21.8 Å². The molecular formula is C21H24BrNO3. The number of aliphatic hydroxyl groups excluding tert-OH is 1. The van der Waals surface area contributed by atoms with Crippen molar-refractivity contribution in [3.8, 4) is 5.75 Å². The van der Waals surface area contributed by atoms with E-state index < -0.39 is 0 Å². The number of halogens is 1. The molecule has 2 aromatic carbocycles. The van der Waals surface area contributed by atoms with Crippen molar-refractivity contribution in [1.82, 2.24) is 4.90 Å². The van der Waals surface area contributed by atoms with Crippen molar-refractivity contribution in [2.45, 2.75) is 25.9 Å². The third kappa shape index (κ3) is 5.08. The lowest BCUT2D eigenvalue weighted by Crippen LogP contribution is -2.40. The molecule has 1 aliphatic heterocycles. The summed E-state index contributed by atoms with van der Waals surface area (Å²) in [5.41, 5.74) is 1.99. The third-order valence-electron chi connectivity index (χ3n) is 4.83. The molecule has 138 valence electrons. The maximum absolute atomic E-state index is 12.7. The summed E-state index contributed by atoms with van der Waals surface area (Å²) in [5, 5.41) is 9.25. The van der Waals surface area contributed by atoms with Gasteiger partial charge in [-0.05, 0) is 42.5 Å². The molecule has 0 unspecified atom stereocenters. The Bertz CT molecular complexity index is 727. The minimum atomic E-state index is 0.115. The van der Waals surface area contributed by atoms with Gasteiger partial charge in [0.15, 0.2) is 0 Å². The molecule has 0 atom stereocenters. The highest BCUT2D eigenvalue weighted by molar-refractivity contribution is 9.10. The van der Waals surface area contributed by atoms with Gasteiger partial charge in [0.1, 0.15) is 12.4 Å². The van der Waals surface area contributed by atoms with Crippen molar-refractivity contribution in [2.24, 2.45) is 5.92 Å². The minimum absolute atomic E-state index is 0.115. The first-order chi connectivity index (χ1) is 12.7. The maximum atomic E-state index is 12.7. The van der Waals surface area contributed by atoms with Gasteiger partial charge < -0.3 is 14.7 Å². The van der Waals surface area contributed by atoms with E-state index in [1.165, 1.54) is 0 Å². The quantitative estimate of drug-likeness (QED) is 0.777. The van der Waals surface area contributed by atoms with E-state index in [1.807, 2.05) is 53.4 Å². The number of ether oxygens (including phenoxy) is 1. The van der Waals surface area contributed by atoms with Gasteiger partial charge in [0, 0.05) is 29.7 Å². The Morgan fingerprint density at radius 1 is 1.15 bits per heavy atom. The number of rotatable bonds is 6. The molecule has 26 heavy (non-hydrogen) atoms. The van der Waals surface area contributed by atoms with Gasteiger partial charge in [0.25, 0.3) is 0 Å². The maximum Gasteiger partial charge on any atom is 0.227 e. The fraction of sp³-hybridized carbons (Fsp3) is 0.381. The van der Waals surface area contributed by atoms with E-state index in [0.717, 1.165) is 47.3 Å². The van der Waals surface area contributed by atoms with Crippen LogP contribution in [-0.4, -0.2) is 35.6 Å². The summed E-state index contributed by atoms with van der Waals surface area (Å²) in [6.07, 6.45) is 2.07. The molecule has 4 nitrogen and oxygen atoms in total. The number of amides is 1. The first-order valence-corrected chi connectivity index (χ1v) is 9.79. The number of piperidine rings is 1. The Morgan fingerprint density at radius 2 is 1.88 bits per heavy atom. The molecule has 1 N–H and O–H groups in total. The van der Waals surface area contributed by atoms with Crippen LogP contribution in [0, 0.1) is 5.92 Å². The number of benzene rings is 2. The molecule has 0 bridgehead atoms. The van der Waals surface area contributed by atoms with Gasteiger partial charge in [-0.2, -0.15) is 0 Å². The zero-order valence-electron chi connectivity index (χ0n) is 14.7. The van der Waals surface area contributed by atoms with Crippen LogP contribution in [0.2, 0.25) is 0 Å². The Kier molecular flexibility index (Phi) is 6.69. The van der Waals surface area contributed by atoms with E-state index in [9.17, 15) is 9.90 Å². The second kappa shape index (κ2) is 9.19. The highest BCUT2D eigenvalue weighted by Gasteiger charge is 2.23. The van der Waals surface area contributed by atoms with Crippen molar-refractivity contribution in [3.63, 3.8) is 0 Å². The number of hydrogen-bond acceptors (Lipinski definition) is 3. The predicted octanol–water partition coefficient (Wildman–Crippen LogP) is 3.80. The SMILES string of the molecule is O=C(Cc1cc(Br)ccc1OCc1ccccc1)N1CCC(CO)CC1. The van der Waals surface area contributed by atoms with Gasteiger partial charge in [0.2, 0.25) is 5.91 Å². The van der Waals surface area contributed by atoms with Crippen molar-refractivity contribution < 1.29 is 14.6 Å². The highest BCUT2D eigenvalue weighted by Crippen LogP contribution is 2.26. The lowest BCUT2D eigenvalue weighted by Gasteiger charge is -2.31. The topological polar surface area (TPSA) is 49.8 Å². The van der Waals surface area contributed by atoms with E-state index >= 15 is 0 Å². The number of carbonyl (C=O) groups is 1. The standard InChI is InChI=1S/C21H24BrNO3/c22-19-6-7-20(26-15-17-4-2-1-3-5-17)18(12-19)13-21(25)23-10-8-16(14-24)9-11-23/h1-7,12,16,24H,8-11,13-15H2. The van der Waals surface area contributed by atoms with Crippen LogP contribution in [-0.2, 0) is 17.8 Å². The van der Waals surface area contributed by atoms with Gasteiger partial charge in [0.05, 0.1) is 6.42 Å². The Labute approximate surface area is 162 Å². The molecule has 2 aromatic rings. The van der Waals surface area contributed by atoms with Crippen molar-refractivity contribution in [3.05, 3.63) is 64.1 Å². The largest absolute Gasteiger partial charge is 0.489 e. The van der Waals surface area contributed by atoms with E-state index in [2.05, 4.69) is 15.9 Å². The first kappa shape index (κ1) is 18.9. The van der Waals surface area contributed by atoms with Crippen LogP contribution < -0.4 is 4.74 Å². The molecule has 0 aliphatic carbocycles. The van der Waals surface area contributed by atoms with Crippen molar-refractivity contribution in [1.29, 1.82) is 0 Å². The number of nitrogens with zero attached hydrogens (tertiary/aromatic N) is 1. The molecule has 3 rings (SSSR count). The summed E-state index contributed by atoms with van der Waals surface area (Å²) in [5.74, 6) is 1.19. The predicted molar refractivity (Wildman–Crippen MR) is 105 cm³/mol. The van der Waals surface area contributed by atoms with Crippen LogP contribution in [0.5, 0.6) is 5.75 Å². The van der Waals surface area contributed by atoms with Gasteiger partial charge in [-0.3, -0.25) is 4.79 Å². The van der Waals surface area contributed by atoms with Gasteiger partial charge in [-0.25, -0.2) is 0 Å². The highest BCUT2D eigenvalue weighted by atomic mass is 79.9. The number of aliphatic hydroxyl groups is 1. The molecule has 0 saturated carbocycles. The molecule has 1 aliphatic rings. The minimum Gasteiger partial charge on any atom is -0.489 e. The molecule has 0 radical (unpaired) electrons. The lowest BCUT2D eigenvalue weighted by molar-refractivity contribution is -0.132. The third-order valence-corrected chi connectivity index (χ3v) is 5.32. The molecule has 1 heterocycles. The first-order valence-electron chi connectivity index (χ1n) is 8.99. The molecule has 1 fully saturated rings. The molecule has 1 amide bonds. The van der Waals surface area contributed by atoms with Crippen LogP contribution in [0.1, 0.15) is 24.0 Å². The van der Waals surface area contributed by atoms with Gasteiger partial charge in [-0.15, -0.1) is 0 Å². The van der Waals surface area contributed by atoms with E-state index in [0.29, 0.717) is 18.9 Å². The number of carbonyl (C=O) groups excluding carboxylic acids is 1. The zero-order valence-corrected chi connectivity index (χ0v) is 16.3. The average Bonchev–Trinajstić information content (AvgIpc) is 2.68. The summed E-state index contributed by atoms with van der Waals surface area (Å²) < 4.78 is 6.91. The van der Waals surface area contributed by atoms with Crippen LogP contribution >= 0.6 is 15.9 Å². The molecule has 5 heteroatoms. The molecule has 1 saturated heterocycles.